The Morgan fingerprint density at radius 3 is 2.60 bits per heavy atom. The molecule has 4 heteroatoms. The van der Waals surface area contributed by atoms with Crippen molar-refractivity contribution in [2.45, 2.75) is 27.2 Å². The predicted molar refractivity (Wildman–Crippen MR) is 65.7 cm³/mol. The Balaban J connectivity index is 2.64. The van der Waals surface area contributed by atoms with Crippen LogP contribution in [0.4, 0.5) is 0 Å². The fourth-order valence-electron chi connectivity index (χ4n) is 1.93. The fraction of sp³-hybridized carbons (Fsp3) is 0.818. The van der Waals surface area contributed by atoms with E-state index in [4.69, 9.17) is 5.26 Å². The summed E-state index contributed by atoms with van der Waals surface area (Å²) < 4.78 is 0. The van der Waals surface area contributed by atoms with Crippen LogP contribution in [-0.4, -0.2) is 29.4 Å². The van der Waals surface area contributed by atoms with E-state index in [1.165, 1.54) is 6.42 Å². The molecule has 0 aromatic heterocycles. The zero-order chi connectivity index (χ0) is 11.5. The highest BCUT2D eigenvalue weighted by atomic mass is 32.2. The summed E-state index contributed by atoms with van der Waals surface area (Å²) in [6.45, 7) is 8.90. The smallest absolute Gasteiger partial charge is 0.208 e. The second kappa shape index (κ2) is 4.89. The van der Waals surface area contributed by atoms with Gasteiger partial charge in [-0.25, -0.2) is 0 Å². The van der Waals surface area contributed by atoms with Gasteiger partial charge in [-0.15, -0.1) is 4.99 Å². The van der Waals surface area contributed by atoms with Crippen molar-refractivity contribution < 1.29 is 0 Å². The molecule has 0 aliphatic carbocycles. The van der Waals surface area contributed by atoms with E-state index in [0.29, 0.717) is 11.3 Å². The van der Waals surface area contributed by atoms with E-state index in [2.05, 4.69) is 30.7 Å². The summed E-state index contributed by atoms with van der Waals surface area (Å²) in [4.78, 5) is 6.08. The van der Waals surface area contributed by atoms with Crippen LogP contribution in [-0.2, 0) is 0 Å². The highest BCUT2D eigenvalue weighted by molar-refractivity contribution is 8.13. The van der Waals surface area contributed by atoms with Gasteiger partial charge < -0.3 is 4.90 Å². The Hall–Kier alpha value is -0.690. The molecular formula is C11H19N3S. The summed E-state index contributed by atoms with van der Waals surface area (Å²) in [5.74, 6) is 0.702. The third-order valence-corrected chi connectivity index (χ3v) is 3.73. The first kappa shape index (κ1) is 12.4. The summed E-state index contributed by atoms with van der Waals surface area (Å²) >= 11 is 1.56. The molecule has 15 heavy (non-hydrogen) atoms. The lowest BCUT2D eigenvalue weighted by Crippen LogP contribution is -2.29. The molecule has 1 unspecified atom stereocenters. The zero-order valence-corrected chi connectivity index (χ0v) is 10.8. The number of likely N-dealkylation sites (tertiary alicyclic amines) is 1. The lowest BCUT2D eigenvalue weighted by molar-refractivity contribution is 0.251. The van der Waals surface area contributed by atoms with E-state index in [-0.39, 0.29) is 0 Å². The van der Waals surface area contributed by atoms with Crippen molar-refractivity contribution in [3.63, 3.8) is 0 Å². The van der Waals surface area contributed by atoms with Crippen LogP contribution in [0.2, 0.25) is 0 Å². The highest BCUT2D eigenvalue weighted by Gasteiger charge is 2.32. The third-order valence-electron chi connectivity index (χ3n) is 3.01. The Labute approximate surface area is 96.6 Å². The molecule has 3 nitrogen and oxygen atoms in total. The van der Waals surface area contributed by atoms with Gasteiger partial charge in [-0.3, -0.25) is 0 Å². The van der Waals surface area contributed by atoms with Crippen LogP contribution in [0, 0.1) is 22.8 Å². The number of rotatable bonds is 0. The van der Waals surface area contributed by atoms with Gasteiger partial charge in [0.05, 0.1) is 0 Å². The monoisotopic (exact) mass is 225 g/mol. The fourth-order valence-corrected chi connectivity index (χ4v) is 2.49. The number of nitrogens with zero attached hydrogens (tertiary/aromatic N) is 3. The molecule has 84 valence electrons. The molecule has 0 aromatic carbocycles. The molecule has 0 amide bonds. The van der Waals surface area contributed by atoms with E-state index in [1.807, 2.05) is 12.4 Å². The highest BCUT2D eigenvalue weighted by Crippen LogP contribution is 2.34. The van der Waals surface area contributed by atoms with Gasteiger partial charge in [0.2, 0.25) is 6.19 Å². The van der Waals surface area contributed by atoms with Gasteiger partial charge in [0.25, 0.3) is 0 Å². The first-order valence-corrected chi connectivity index (χ1v) is 6.47. The van der Waals surface area contributed by atoms with E-state index >= 15 is 0 Å². The quantitative estimate of drug-likeness (QED) is 0.361. The lowest BCUT2D eigenvalue weighted by atomic mass is 9.80. The molecule has 0 saturated carbocycles. The first-order chi connectivity index (χ1) is 6.99. The van der Waals surface area contributed by atoms with Crippen LogP contribution in [0.25, 0.3) is 0 Å². The summed E-state index contributed by atoms with van der Waals surface area (Å²) in [6.07, 6.45) is 5.05. The Morgan fingerprint density at radius 1 is 1.53 bits per heavy atom. The van der Waals surface area contributed by atoms with E-state index in [0.717, 1.165) is 18.3 Å². The minimum absolute atomic E-state index is 0.352. The van der Waals surface area contributed by atoms with Gasteiger partial charge in [0.15, 0.2) is 5.17 Å². The number of aliphatic imine (C=N–C) groups is 1. The molecule has 1 rings (SSSR count). The second-order valence-corrected chi connectivity index (χ2v) is 5.77. The van der Waals surface area contributed by atoms with E-state index in [1.54, 1.807) is 11.8 Å². The zero-order valence-electron chi connectivity index (χ0n) is 9.95. The molecular weight excluding hydrogens is 206 g/mol. The maximum absolute atomic E-state index is 8.58. The van der Waals surface area contributed by atoms with Gasteiger partial charge in [-0.2, -0.15) is 5.26 Å². The van der Waals surface area contributed by atoms with Crippen LogP contribution in [0.15, 0.2) is 4.99 Å². The van der Waals surface area contributed by atoms with Crippen molar-refractivity contribution >= 4 is 16.9 Å². The predicted octanol–water partition coefficient (Wildman–Crippen LogP) is 2.55. The van der Waals surface area contributed by atoms with Crippen molar-refractivity contribution in [3.05, 3.63) is 0 Å². The standard InChI is InChI=1S/C11H19N3S/c1-11(2,3)9-5-6-14(7-9)10(15-4)13-8-12/h9H,5-7H2,1-4H3. The van der Waals surface area contributed by atoms with Crippen LogP contribution in [0.1, 0.15) is 27.2 Å². The largest absolute Gasteiger partial charge is 0.350 e. The Morgan fingerprint density at radius 2 is 2.20 bits per heavy atom. The Kier molecular flexibility index (Phi) is 4.04. The molecule has 1 atom stereocenters. The minimum atomic E-state index is 0.352. The minimum Gasteiger partial charge on any atom is -0.350 e. The maximum Gasteiger partial charge on any atom is 0.208 e. The molecule has 0 spiro atoms. The molecule has 1 aliphatic heterocycles. The summed E-state index contributed by atoms with van der Waals surface area (Å²) in [6, 6.07) is 0. The van der Waals surface area contributed by atoms with E-state index in [9.17, 15) is 0 Å². The number of hydrogen-bond donors (Lipinski definition) is 0. The number of thioether (sulfide) groups is 1. The van der Waals surface area contributed by atoms with Crippen LogP contribution >= 0.6 is 11.8 Å². The first-order valence-electron chi connectivity index (χ1n) is 5.24. The van der Waals surface area contributed by atoms with Crippen molar-refractivity contribution in [2.24, 2.45) is 16.3 Å². The van der Waals surface area contributed by atoms with Gasteiger partial charge in [0.1, 0.15) is 0 Å². The molecule has 0 aromatic rings. The van der Waals surface area contributed by atoms with Crippen molar-refractivity contribution in [2.75, 3.05) is 19.3 Å². The van der Waals surface area contributed by atoms with Gasteiger partial charge in [-0.1, -0.05) is 32.5 Å². The molecule has 0 N–H and O–H groups in total. The molecule has 0 bridgehead atoms. The molecule has 0 radical (unpaired) electrons. The third kappa shape index (κ3) is 3.13. The van der Waals surface area contributed by atoms with Crippen molar-refractivity contribution in [1.29, 1.82) is 5.26 Å². The SMILES string of the molecule is CSC(=NC#N)N1CCC(C(C)(C)C)C1. The topological polar surface area (TPSA) is 39.4 Å². The maximum atomic E-state index is 8.58. The van der Waals surface area contributed by atoms with Crippen molar-refractivity contribution in [3.8, 4) is 6.19 Å². The van der Waals surface area contributed by atoms with Gasteiger partial charge in [0, 0.05) is 13.1 Å². The van der Waals surface area contributed by atoms with E-state index < -0.39 is 0 Å². The second-order valence-electron chi connectivity index (χ2n) is 5.00. The van der Waals surface area contributed by atoms with Crippen LogP contribution in [0.5, 0.6) is 0 Å². The Bertz CT molecular complexity index is 285. The summed E-state index contributed by atoms with van der Waals surface area (Å²) in [5.41, 5.74) is 0.352. The van der Waals surface area contributed by atoms with Crippen LogP contribution < -0.4 is 0 Å². The molecule has 1 heterocycles. The van der Waals surface area contributed by atoms with Crippen LogP contribution in [0.3, 0.4) is 0 Å². The molecule has 1 fully saturated rings. The summed E-state index contributed by atoms with van der Waals surface area (Å²) in [5, 5.41) is 9.44. The number of nitriles is 1. The normalized spacial score (nSPS) is 23.0. The molecule has 1 saturated heterocycles. The molecule has 1 aliphatic rings. The number of hydrogen-bond acceptors (Lipinski definition) is 3. The van der Waals surface area contributed by atoms with Crippen molar-refractivity contribution in [1.82, 2.24) is 4.90 Å². The van der Waals surface area contributed by atoms with Gasteiger partial charge in [-0.05, 0) is 24.0 Å². The average molecular weight is 225 g/mol. The average Bonchev–Trinajstić information content (AvgIpc) is 2.62. The summed E-state index contributed by atoms with van der Waals surface area (Å²) in [7, 11) is 0. The number of amidine groups is 1. The van der Waals surface area contributed by atoms with Gasteiger partial charge >= 0.3 is 0 Å². The lowest BCUT2D eigenvalue weighted by Gasteiger charge is -2.27.